The Hall–Kier alpha value is -3.32. The third-order valence-electron chi connectivity index (χ3n) is 4.63. The van der Waals surface area contributed by atoms with Crippen molar-refractivity contribution in [2.75, 3.05) is 0 Å². The fourth-order valence-electron chi connectivity index (χ4n) is 3.19. The van der Waals surface area contributed by atoms with Gasteiger partial charge < -0.3 is 0 Å². The molecule has 0 spiro atoms. The number of hydrogen-bond acceptors (Lipinski definition) is 4. The lowest BCUT2D eigenvalue weighted by atomic mass is 10.1. The van der Waals surface area contributed by atoms with Crippen LogP contribution in [-0.4, -0.2) is 15.0 Å². The third kappa shape index (κ3) is 3.23. The molecule has 0 aliphatic rings. The Morgan fingerprint density at radius 2 is 1.66 bits per heavy atom. The summed E-state index contributed by atoms with van der Waals surface area (Å²) in [5.74, 6) is 0. The largest absolute Gasteiger partial charge is 0.416 e. The first-order chi connectivity index (χ1) is 14.0. The molecule has 0 aliphatic carbocycles. The molecule has 2 aromatic carbocycles. The second kappa shape index (κ2) is 6.63. The van der Waals surface area contributed by atoms with Gasteiger partial charge in [-0.05, 0) is 35.7 Å². The molecule has 5 rings (SSSR count). The van der Waals surface area contributed by atoms with Gasteiger partial charge >= 0.3 is 6.18 Å². The Labute approximate surface area is 167 Å². The standard InChI is InChI=1S/C22H12F3N3S/c23-22(24,25)15-7-5-13(6-8-15)17-12-27-20-16(28-17)9-10-26-21(20)19-11-14-3-1-2-4-18(14)29-19/h1-12H. The Balaban J connectivity index is 1.58. The maximum Gasteiger partial charge on any atom is 0.416 e. The number of thiophene rings is 1. The first kappa shape index (κ1) is 17.8. The van der Waals surface area contributed by atoms with Crippen molar-refractivity contribution in [1.82, 2.24) is 15.0 Å². The minimum absolute atomic E-state index is 0.514. The van der Waals surface area contributed by atoms with Crippen LogP contribution in [0.25, 0.3) is 42.9 Å². The lowest BCUT2D eigenvalue weighted by Gasteiger charge is -2.08. The Morgan fingerprint density at radius 3 is 2.41 bits per heavy atom. The summed E-state index contributed by atoms with van der Waals surface area (Å²) >= 11 is 1.63. The molecule has 3 nitrogen and oxygen atoms in total. The van der Waals surface area contributed by atoms with E-state index in [4.69, 9.17) is 0 Å². The Kier molecular flexibility index (Phi) is 4.06. The van der Waals surface area contributed by atoms with Gasteiger partial charge in [0.05, 0.1) is 27.8 Å². The molecule has 0 fully saturated rings. The highest BCUT2D eigenvalue weighted by atomic mass is 32.1. The van der Waals surface area contributed by atoms with Crippen molar-refractivity contribution in [2.24, 2.45) is 0 Å². The maximum atomic E-state index is 12.8. The van der Waals surface area contributed by atoms with Gasteiger partial charge in [-0.3, -0.25) is 4.98 Å². The van der Waals surface area contributed by atoms with Crippen molar-refractivity contribution >= 4 is 32.5 Å². The van der Waals surface area contributed by atoms with Crippen molar-refractivity contribution in [3.05, 3.63) is 78.6 Å². The van der Waals surface area contributed by atoms with Gasteiger partial charge in [0.15, 0.2) is 0 Å². The van der Waals surface area contributed by atoms with Crippen molar-refractivity contribution in [3.8, 4) is 21.8 Å². The van der Waals surface area contributed by atoms with Crippen molar-refractivity contribution in [1.29, 1.82) is 0 Å². The first-order valence-electron chi connectivity index (χ1n) is 8.77. The molecule has 0 saturated carbocycles. The Bertz CT molecular complexity index is 1310. The average molecular weight is 407 g/mol. The molecule has 3 heterocycles. The SMILES string of the molecule is FC(F)(F)c1ccc(-c2cnc3c(-c4cc5ccccc5s4)nccc3n2)cc1. The van der Waals surface area contributed by atoms with Crippen LogP contribution in [0.1, 0.15) is 5.56 Å². The molecule has 0 aliphatic heterocycles. The topological polar surface area (TPSA) is 38.7 Å². The minimum Gasteiger partial charge on any atom is -0.253 e. The maximum absolute atomic E-state index is 12.8. The molecule has 5 aromatic rings. The summed E-state index contributed by atoms with van der Waals surface area (Å²) in [5, 5.41) is 1.14. The fraction of sp³-hybridized carbons (Fsp3) is 0.0455. The number of aromatic nitrogens is 3. The number of benzene rings is 2. The molecule has 0 bridgehead atoms. The molecule has 7 heteroatoms. The third-order valence-corrected chi connectivity index (χ3v) is 5.75. The molecule has 3 aromatic heterocycles. The molecule has 0 atom stereocenters. The molecule has 29 heavy (non-hydrogen) atoms. The van der Waals surface area contributed by atoms with E-state index in [9.17, 15) is 13.2 Å². The van der Waals surface area contributed by atoms with Crippen LogP contribution < -0.4 is 0 Å². The zero-order valence-electron chi connectivity index (χ0n) is 14.8. The molecule has 0 N–H and O–H groups in total. The summed E-state index contributed by atoms with van der Waals surface area (Å²) in [5.41, 5.74) is 2.45. The summed E-state index contributed by atoms with van der Waals surface area (Å²) in [6.45, 7) is 0. The van der Waals surface area contributed by atoms with Gasteiger partial charge in [-0.25, -0.2) is 9.97 Å². The fourth-order valence-corrected chi connectivity index (χ4v) is 4.25. The van der Waals surface area contributed by atoms with E-state index in [1.54, 1.807) is 29.8 Å². The predicted octanol–water partition coefficient (Wildman–Crippen LogP) is 6.59. The van der Waals surface area contributed by atoms with Crippen LogP contribution >= 0.6 is 11.3 Å². The molecular weight excluding hydrogens is 395 g/mol. The van der Waals surface area contributed by atoms with E-state index >= 15 is 0 Å². The van der Waals surface area contributed by atoms with Gasteiger partial charge in [-0.2, -0.15) is 13.2 Å². The van der Waals surface area contributed by atoms with E-state index in [1.807, 2.05) is 12.1 Å². The normalized spacial score (nSPS) is 12.0. The van der Waals surface area contributed by atoms with Gasteiger partial charge in [-0.1, -0.05) is 30.3 Å². The van der Waals surface area contributed by atoms with Crippen LogP contribution in [0.4, 0.5) is 13.2 Å². The average Bonchev–Trinajstić information content (AvgIpc) is 3.16. The van der Waals surface area contributed by atoms with Crippen LogP contribution in [-0.2, 0) is 6.18 Å². The van der Waals surface area contributed by atoms with E-state index in [1.165, 1.54) is 12.1 Å². The molecule has 142 valence electrons. The predicted molar refractivity (Wildman–Crippen MR) is 109 cm³/mol. The van der Waals surface area contributed by atoms with Crippen LogP contribution in [0.2, 0.25) is 0 Å². The van der Waals surface area contributed by atoms with Crippen LogP contribution in [0.5, 0.6) is 0 Å². The molecule has 0 amide bonds. The number of pyridine rings is 1. The lowest BCUT2D eigenvalue weighted by molar-refractivity contribution is -0.137. The van der Waals surface area contributed by atoms with E-state index in [-0.39, 0.29) is 0 Å². The summed E-state index contributed by atoms with van der Waals surface area (Å²) in [6, 6.07) is 16.9. The number of alkyl halides is 3. The second-order valence-corrected chi connectivity index (χ2v) is 7.59. The second-order valence-electron chi connectivity index (χ2n) is 6.51. The van der Waals surface area contributed by atoms with E-state index in [2.05, 4.69) is 33.2 Å². The monoisotopic (exact) mass is 407 g/mol. The number of nitrogens with zero attached hydrogens (tertiary/aromatic N) is 3. The zero-order chi connectivity index (χ0) is 20.0. The summed E-state index contributed by atoms with van der Waals surface area (Å²) in [7, 11) is 0. The van der Waals surface area contributed by atoms with Crippen LogP contribution in [0.15, 0.2) is 73.1 Å². The highest BCUT2D eigenvalue weighted by molar-refractivity contribution is 7.22. The first-order valence-corrected chi connectivity index (χ1v) is 9.59. The number of halogens is 3. The minimum atomic E-state index is -4.36. The van der Waals surface area contributed by atoms with Crippen molar-refractivity contribution < 1.29 is 13.2 Å². The summed E-state index contributed by atoms with van der Waals surface area (Å²) in [4.78, 5) is 14.6. The van der Waals surface area contributed by atoms with E-state index in [0.717, 1.165) is 32.8 Å². The van der Waals surface area contributed by atoms with Crippen molar-refractivity contribution in [3.63, 3.8) is 0 Å². The highest BCUT2D eigenvalue weighted by Gasteiger charge is 2.30. The molecular formula is C22H12F3N3S. The quantitative estimate of drug-likeness (QED) is 0.331. The number of hydrogen-bond donors (Lipinski definition) is 0. The summed E-state index contributed by atoms with van der Waals surface area (Å²) < 4.78 is 39.5. The van der Waals surface area contributed by atoms with Crippen molar-refractivity contribution in [2.45, 2.75) is 6.18 Å². The Morgan fingerprint density at radius 1 is 0.862 bits per heavy atom. The van der Waals surface area contributed by atoms with Crippen LogP contribution in [0, 0.1) is 0 Å². The summed E-state index contributed by atoms with van der Waals surface area (Å²) in [6.07, 6.45) is -1.12. The molecule has 0 unspecified atom stereocenters. The smallest absolute Gasteiger partial charge is 0.253 e. The number of rotatable bonds is 2. The van der Waals surface area contributed by atoms with E-state index < -0.39 is 11.7 Å². The van der Waals surface area contributed by atoms with Gasteiger partial charge in [0.2, 0.25) is 0 Å². The van der Waals surface area contributed by atoms with Crippen LogP contribution in [0.3, 0.4) is 0 Å². The molecule has 0 saturated heterocycles. The van der Waals surface area contributed by atoms with Gasteiger partial charge in [0.1, 0.15) is 11.2 Å². The van der Waals surface area contributed by atoms with Gasteiger partial charge in [0, 0.05) is 16.5 Å². The highest BCUT2D eigenvalue weighted by Crippen LogP contribution is 2.35. The van der Waals surface area contributed by atoms with Gasteiger partial charge in [0.25, 0.3) is 0 Å². The number of fused-ring (bicyclic) bond motifs is 2. The van der Waals surface area contributed by atoms with E-state index in [0.29, 0.717) is 22.3 Å². The van der Waals surface area contributed by atoms with Gasteiger partial charge in [-0.15, -0.1) is 11.3 Å². The molecule has 0 radical (unpaired) electrons. The zero-order valence-corrected chi connectivity index (χ0v) is 15.6. The lowest BCUT2D eigenvalue weighted by Crippen LogP contribution is -2.04.